The zero-order valence-electron chi connectivity index (χ0n) is 30.2. The highest BCUT2D eigenvalue weighted by Gasteiger charge is 2.33. The summed E-state index contributed by atoms with van der Waals surface area (Å²) < 4.78 is 26.6. The van der Waals surface area contributed by atoms with Gasteiger partial charge in [0, 0.05) is 31.1 Å². The summed E-state index contributed by atoms with van der Waals surface area (Å²) in [5.74, 6) is -1.55. The molecular weight excluding hydrogens is 623 g/mol. The highest BCUT2D eigenvalue weighted by Crippen LogP contribution is 2.39. The Balaban J connectivity index is 0.000000592. The Morgan fingerprint density at radius 3 is 2.20 bits per heavy atom. The van der Waals surface area contributed by atoms with E-state index >= 15 is 4.39 Å². The fraction of sp³-hybridized carbons (Fsp3) is 0.538. The fourth-order valence-electron chi connectivity index (χ4n) is 5.93. The molecule has 2 atom stereocenters. The minimum atomic E-state index is -0.676. The molecule has 2 fully saturated rings. The molecule has 2 aromatic carbocycles. The van der Waals surface area contributed by atoms with Crippen LogP contribution in [0, 0.1) is 25.6 Å². The van der Waals surface area contributed by atoms with Gasteiger partial charge in [-0.25, -0.2) is 9.37 Å². The van der Waals surface area contributed by atoms with Gasteiger partial charge in [0.2, 0.25) is 0 Å². The van der Waals surface area contributed by atoms with E-state index in [0.717, 1.165) is 32.1 Å². The van der Waals surface area contributed by atoms with Gasteiger partial charge in [-0.15, -0.1) is 0 Å². The number of carbonyl (C=O) groups is 3. The van der Waals surface area contributed by atoms with Gasteiger partial charge in [-0.3, -0.25) is 14.4 Å². The quantitative estimate of drug-likeness (QED) is 0.196. The number of anilines is 2. The minimum Gasteiger partial charge on any atom is -0.460 e. The molecule has 1 unspecified atom stereocenters. The maximum atomic E-state index is 15.5. The van der Waals surface area contributed by atoms with E-state index in [-0.39, 0.29) is 35.1 Å². The van der Waals surface area contributed by atoms with Gasteiger partial charge in [0.1, 0.15) is 17.7 Å². The SMILES string of the molecule is CCCN(CCC)c1cc(F)c(C(=O)NC2CCC[C@H](C(=O)OC(C)(C)C)C2)cc1NC(=O)c1coc(C2CC2)n1.Cc1ccccc1C. The molecule has 0 spiro atoms. The highest BCUT2D eigenvalue weighted by molar-refractivity contribution is 6.06. The summed E-state index contributed by atoms with van der Waals surface area (Å²) in [7, 11) is 0. The van der Waals surface area contributed by atoms with Gasteiger partial charge in [0.15, 0.2) is 11.6 Å². The predicted octanol–water partition coefficient (Wildman–Crippen LogP) is 8.50. The lowest BCUT2D eigenvalue weighted by molar-refractivity contribution is -0.161. The van der Waals surface area contributed by atoms with Crippen LogP contribution in [0.3, 0.4) is 0 Å². The number of amides is 2. The van der Waals surface area contributed by atoms with Crippen molar-refractivity contribution >= 4 is 29.2 Å². The Bertz CT molecular complexity index is 1570. The predicted molar refractivity (Wildman–Crippen MR) is 191 cm³/mol. The van der Waals surface area contributed by atoms with Crippen molar-refractivity contribution in [3.8, 4) is 0 Å². The van der Waals surface area contributed by atoms with Crippen LogP contribution in [0.4, 0.5) is 15.8 Å². The number of hydrogen-bond acceptors (Lipinski definition) is 7. The number of aryl methyl sites for hydroxylation is 2. The molecule has 5 rings (SSSR count). The molecule has 49 heavy (non-hydrogen) atoms. The van der Waals surface area contributed by atoms with Crippen LogP contribution in [-0.4, -0.2) is 47.5 Å². The zero-order chi connectivity index (χ0) is 35.7. The smallest absolute Gasteiger partial charge is 0.309 e. The maximum absolute atomic E-state index is 15.5. The Morgan fingerprint density at radius 1 is 0.980 bits per heavy atom. The first-order valence-electron chi connectivity index (χ1n) is 17.7. The van der Waals surface area contributed by atoms with Crippen LogP contribution in [0.25, 0.3) is 0 Å². The molecule has 266 valence electrons. The first-order valence-corrected chi connectivity index (χ1v) is 17.7. The molecule has 2 saturated carbocycles. The van der Waals surface area contributed by atoms with E-state index < -0.39 is 23.2 Å². The molecule has 10 heteroatoms. The Kier molecular flexibility index (Phi) is 13.0. The van der Waals surface area contributed by atoms with Crippen molar-refractivity contribution < 1.29 is 27.9 Å². The second-order valence-corrected chi connectivity index (χ2v) is 14.3. The van der Waals surface area contributed by atoms with Crippen molar-refractivity contribution in [2.75, 3.05) is 23.3 Å². The van der Waals surface area contributed by atoms with E-state index in [4.69, 9.17) is 9.15 Å². The van der Waals surface area contributed by atoms with Crippen LogP contribution in [-0.2, 0) is 9.53 Å². The minimum absolute atomic E-state index is 0.140. The molecule has 0 bridgehead atoms. The molecule has 9 nitrogen and oxygen atoms in total. The van der Waals surface area contributed by atoms with Crippen LogP contribution in [0.2, 0.25) is 0 Å². The monoisotopic (exact) mass is 676 g/mol. The van der Waals surface area contributed by atoms with Gasteiger partial charge in [-0.1, -0.05) is 44.5 Å². The first-order chi connectivity index (χ1) is 23.3. The number of benzene rings is 2. The number of nitrogens with one attached hydrogen (secondary N) is 2. The van der Waals surface area contributed by atoms with E-state index in [1.54, 1.807) is 0 Å². The maximum Gasteiger partial charge on any atom is 0.309 e. The number of halogens is 1. The van der Waals surface area contributed by atoms with Crippen molar-refractivity contribution in [1.82, 2.24) is 10.3 Å². The number of hydrogen-bond donors (Lipinski definition) is 2. The number of rotatable bonds is 11. The van der Waals surface area contributed by atoms with Gasteiger partial charge in [-0.05, 0) is 96.8 Å². The summed E-state index contributed by atoms with van der Waals surface area (Å²) >= 11 is 0. The number of nitrogens with zero attached hydrogens (tertiary/aromatic N) is 2. The van der Waals surface area contributed by atoms with Crippen molar-refractivity contribution in [2.45, 2.75) is 117 Å². The van der Waals surface area contributed by atoms with Gasteiger partial charge in [0.05, 0.1) is 22.9 Å². The molecule has 0 aliphatic heterocycles. The Hall–Kier alpha value is -4.21. The lowest BCUT2D eigenvalue weighted by Crippen LogP contribution is -2.41. The second kappa shape index (κ2) is 16.9. The fourth-order valence-corrected chi connectivity index (χ4v) is 5.93. The summed E-state index contributed by atoms with van der Waals surface area (Å²) in [5, 5.41) is 5.77. The van der Waals surface area contributed by atoms with E-state index in [1.807, 2.05) is 39.5 Å². The first kappa shape index (κ1) is 37.6. The Labute approximate surface area is 290 Å². The summed E-state index contributed by atoms with van der Waals surface area (Å²) in [6.45, 7) is 15.1. The molecule has 2 N–H and O–H groups in total. The topological polar surface area (TPSA) is 114 Å². The highest BCUT2D eigenvalue weighted by atomic mass is 19.1. The third-order valence-corrected chi connectivity index (χ3v) is 8.76. The van der Waals surface area contributed by atoms with Crippen molar-refractivity contribution in [1.29, 1.82) is 0 Å². The van der Waals surface area contributed by atoms with Crippen molar-refractivity contribution in [3.05, 3.63) is 76.8 Å². The van der Waals surface area contributed by atoms with Crippen LogP contribution < -0.4 is 15.5 Å². The number of aromatic nitrogens is 1. The largest absolute Gasteiger partial charge is 0.460 e. The normalized spacial score (nSPS) is 17.4. The number of carbonyl (C=O) groups excluding carboxylic acids is 3. The molecular formula is C39H53FN4O5. The van der Waals surface area contributed by atoms with E-state index in [9.17, 15) is 14.4 Å². The van der Waals surface area contributed by atoms with Gasteiger partial charge >= 0.3 is 5.97 Å². The van der Waals surface area contributed by atoms with Crippen LogP contribution in [0.15, 0.2) is 47.1 Å². The molecule has 2 amide bonds. The molecule has 2 aliphatic carbocycles. The summed E-state index contributed by atoms with van der Waals surface area (Å²) in [6, 6.07) is 10.8. The third-order valence-electron chi connectivity index (χ3n) is 8.76. The standard InChI is InChI=1S/C31H43FN4O5.C8H10/c1-6-13-36(14-7-2)26-17-23(32)22(16-24(26)34-28(38)25-18-40-29(35-25)19-11-12-19)27(37)33-21-10-8-9-20(15-21)30(39)41-31(3,4)5;1-7-5-3-4-6-8(7)2/h16-21H,6-15H2,1-5H3,(H,33,37)(H,34,38);3-6H,1-2H3/t20-,21?;/m0./s1. The summed E-state index contributed by atoms with van der Waals surface area (Å²) in [6.07, 6.45) is 7.52. The average Bonchev–Trinajstić information content (AvgIpc) is 3.78. The van der Waals surface area contributed by atoms with E-state index in [0.29, 0.717) is 49.6 Å². The molecule has 2 aliphatic rings. The zero-order valence-corrected chi connectivity index (χ0v) is 30.2. The lowest BCUT2D eigenvalue weighted by atomic mass is 9.85. The van der Waals surface area contributed by atoms with Gasteiger partial charge in [-0.2, -0.15) is 0 Å². The van der Waals surface area contributed by atoms with E-state index in [1.165, 1.54) is 29.5 Å². The second-order valence-electron chi connectivity index (χ2n) is 14.3. The van der Waals surface area contributed by atoms with Crippen LogP contribution in [0.1, 0.15) is 130 Å². The van der Waals surface area contributed by atoms with Crippen molar-refractivity contribution in [2.24, 2.45) is 5.92 Å². The molecule has 1 heterocycles. The average molecular weight is 677 g/mol. The van der Waals surface area contributed by atoms with E-state index in [2.05, 4.69) is 53.7 Å². The molecule has 1 aromatic heterocycles. The van der Waals surface area contributed by atoms with Gasteiger partial charge < -0.3 is 24.7 Å². The summed E-state index contributed by atoms with van der Waals surface area (Å²) in [5.41, 5.74) is 2.95. The number of ether oxygens (including phenoxy) is 1. The molecule has 3 aromatic rings. The molecule has 0 radical (unpaired) electrons. The summed E-state index contributed by atoms with van der Waals surface area (Å²) in [4.78, 5) is 45.5. The van der Waals surface area contributed by atoms with Crippen LogP contribution in [0.5, 0.6) is 0 Å². The Morgan fingerprint density at radius 2 is 1.63 bits per heavy atom. The van der Waals surface area contributed by atoms with Crippen LogP contribution >= 0.6 is 0 Å². The number of oxazole rings is 1. The molecule has 0 saturated heterocycles. The third kappa shape index (κ3) is 10.9. The van der Waals surface area contributed by atoms with Crippen molar-refractivity contribution in [3.63, 3.8) is 0 Å². The number of esters is 1. The lowest BCUT2D eigenvalue weighted by Gasteiger charge is -2.31. The van der Waals surface area contributed by atoms with Gasteiger partial charge in [0.25, 0.3) is 11.8 Å².